The highest BCUT2D eigenvalue weighted by molar-refractivity contribution is 5.67. The average molecular weight is 318 g/mol. The fourth-order valence-corrected chi connectivity index (χ4v) is 3.04. The average Bonchev–Trinajstić information content (AvgIpc) is 2.98. The van der Waals surface area contributed by atoms with Crippen LogP contribution >= 0.6 is 0 Å². The van der Waals surface area contributed by atoms with Gasteiger partial charge >= 0.3 is 6.09 Å². The summed E-state index contributed by atoms with van der Waals surface area (Å²) in [6.45, 7) is 11.9. The van der Waals surface area contributed by atoms with Gasteiger partial charge in [-0.3, -0.25) is 4.90 Å². The van der Waals surface area contributed by atoms with E-state index in [9.17, 15) is 4.79 Å². The normalized spacial score (nSPS) is 18.9. The molecule has 1 unspecified atom stereocenters. The first kappa shape index (κ1) is 17.8. The molecule has 0 radical (unpaired) electrons. The van der Waals surface area contributed by atoms with Crippen LogP contribution < -0.4 is 5.32 Å². The van der Waals surface area contributed by atoms with Gasteiger partial charge in [-0.25, -0.2) is 4.79 Å². The van der Waals surface area contributed by atoms with Crippen molar-refractivity contribution in [3.8, 4) is 0 Å². The molecule has 1 saturated heterocycles. The summed E-state index contributed by atoms with van der Waals surface area (Å²) < 4.78 is 5.31. The maximum atomic E-state index is 11.8. The molecule has 1 aliphatic rings. The molecule has 1 aromatic rings. The molecular weight excluding hydrogens is 288 g/mol. The summed E-state index contributed by atoms with van der Waals surface area (Å²) in [7, 11) is 0. The number of hydrogen-bond donors (Lipinski definition) is 1. The lowest BCUT2D eigenvalue weighted by Gasteiger charge is -2.22. The van der Waals surface area contributed by atoms with Crippen molar-refractivity contribution in [2.45, 2.75) is 58.6 Å². The number of carbonyl (C=O) groups excluding carboxylic acids is 1. The molecular formula is C19H30N2O2. The number of ether oxygens (including phenoxy) is 1. The summed E-state index contributed by atoms with van der Waals surface area (Å²) in [5, 5.41) is 2.89. The molecule has 1 amide bonds. The first-order valence-corrected chi connectivity index (χ1v) is 8.64. The summed E-state index contributed by atoms with van der Waals surface area (Å²) in [5.74, 6) is 0. The largest absolute Gasteiger partial charge is 0.445 e. The quantitative estimate of drug-likeness (QED) is 0.900. The van der Waals surface area contributed by atoms with Crippen LogP contribution in [0.25, 0.3) is 0 Å². The van der Waals surface area contributed by atoms with Gasteiger partial charge in [0.1, 0.15) is 6.61 Å². The zero-order valence-electron chi connectivity index (χ0n) is 14.9. The number of nitrogens with one attached hydrogen (secondary N) is 1. The number of carbonyl (C=O) groups is 1. The van der Waals surface area contributed by atoms with Crippen LogP contribution in [-0.2, 0) is 16.8 Å². The van der Waals surface area contributed by atoms with E-state index in [2.05, 4.69) is 50.0 Å². The Morgan fingerprint density at radius 2 is 2.00 bits per heavy atom. The van der Waals surface area contributed by atoms with Gasteiger partial charge in [0, 0.05) is 12.6 Å². The maximum absolute atomic E-state index is 11.8. The van der Waals surface area contributed by atoms with Crippen LogP contribution in [0.5, 0.6) is 0 Å². The van der Waals surface area contributed by atoms with Crippen LogP contribution in [0.2, 0.25) is 0 Å². The van der Waals surface area contributed by atoms with Gasteiger partial charge in [-0.2, -0.15) is 0 Å². The van der Waals surface area contributed by atoms with E-state index in [1.807, 2.05) is 12.1 Å². The summed E-state index contributed by atoms with van der Waals surface area (Å²) in [6, 6.07) is 8.73. The third-order valence-corrected chi connectivity index (χ3v) is 4.58. The molecule has 1 N–H and O–H groups in total. The van der Waals surface area contributed by atoms with E-state index in [0.717, 1.165) is 25.1 Å². The summed E-state index contributed by atoms with van der Waals surface area (Å²) in [4.78, 5) is 14.3. The number of amides is 1. The van der Waals surface area contributed by atoms with Crippen LogP contribution in [0.15, 0.2) is 24.3 Å². The molecule has 1 aromatic carbocycles. The molecule has 1 atom stereocenters. The van der Waals surface area contributed by atoms with Crippen molar-refractivity contribution in [3.63, 3.8) is 0 Å². The molecule has 1 heterocycles. The Hall–Kier alpha value is -1.55. The second-order valence-electron chi connectivity index (χ2n) is 7.33. The molecule has 128 valence electrons. The van der Waals surface area contributed by atoms with Gasteiger partial charge in [0.15, 0.2) is 0 Å². The first-order valence-electron chi connectivity index (χ1n) is 8.64. The minimum absolute atomic E-state index is 0.142. The molecule has 1 aliphatic heterocycles. The Balaban J connectivity index is 1.74. The fourth-order valence-electron chi connectivity index (χ4n) is 3.04. The standard InChI is InChI=1S/C19H30N2O2/c1-5-21-12-6-7-17(21)13-20-18(22)23-14-15-8-10-16(11-9-15)19(2,3)4/h8-11,17H,5-7,12-14H2,1-4H3,(H,20,22). The van der Waals surface area contributed by atoms with Gasteiger partial charge in [-0.1, -0.05) is 52.0 Å². The highest BCUT2D eigenvalue weighted by atomic mass is 16.5. The number of alkyl carbamates (subject to hydrolysis) is 1. The Bertz CT molecular complexity index is 505. The van der Waals surface area contributed by atoms with E-state index in [0.29, 0.717) is 19.2 Å². The molecule has 0 aliphatic carbocycles. The van der Waals surface area contributed by atoms with Crippen LogP contribution in [0.3, 0.4) is 0 Å². The van der Waals surface area contributed by atoms with Gasteiger partial charge in [0.05, 0.1) is 0 Å². The Labute approximate surface area is 140 Å². The van der Waals surface area contributed by atoms with Crippen molar-refractivity contribution in [2.75, 3.05) is 19.6 Å². The van der Waals surface area contributed by atoms with Crippen molar-refractivity contribution >= 4 is 6.09 Å². The van der Waals surface area contributed by atoms with Crippen LogP contribution in [0.1, 0.15) is 51.7 Å². The molecule has 0 aromatic heterocycles. The van der Waals surface area contributed by atoms with Crippen molar-refractivity contribution in [1.82, 2.24) is 10.2 Å². The van der Waals surface area contributed by atoms with Gasteiger partial charge in [0.25, 0.3) is 0 Å². The fraction of sp³-hybridized carbons (Fsp3) is 0.632. The van der Waals surface area contributed by atoms with Crippen LogP contribution in [-0.4, -0.2) is 36.7 Å². The smallest absolute Gasteiger partial charge is 0.407 e. The lowest BCUT2D eigenvalue weighted by atomic mass is 9.87. The number of likely N-dealkylation sites (tertiary alicyclic amines) is 1. The topological polar surface area (TPSA) is 41.6 Å². The number of likely N-dealkylation sites (N-methyl/N-ethyl adjacent to an activating group) is 1. The van der Waals surface area contributed by atoms with Crippen molar-refractivity contribution in [1.29, 1.82) is 0 Å². The highest BCUT2D eigenvalue weighted by Crippen LogP contribution is 2.22. The molecule has 0 saturated carbocycles. The summed E-state index contributed by atoms with van der Waals surface area (Å²) in [6.07, 6.45) is 2.05. The van der Waals surface area contributed by atoms with Crippen molar-refractivity contribution < 1.29 is 9.53 Å². The Morgan fingerprint density at radius 3 is 2.61 bits per heavy atom. The molecule has 2 rings (SSSR count). The Kier molecular flexibility index (Phi) is 6.05. The summed E-state index contributed by atoms with van der Waals surface area (Å²) in [5.41, 5.74) is 2.44. The highest BCUT2D eigenvalue weighted by Gasteiger charge is 2.23. The van der Waals surface area contributed by atoms with Gasteiger partial charge in [-0.05, 0) is 42.5 Å². The zero-order valence-corrected chi connectivity index (χ0v) is 14.9. The molecule has 0 spiro atoms. The second kappa shape index (κ2) is 7.82. The third-order valence-electron chi connectivity index (χ3n) is 4.58. The molecule has 1 fully saturated rings. The van der Waals surface area contributed by atoms with Crippen molar-refractivity contribution in [3.05, 3.63) is 35.4 Å². The van der Waals surface area contributed by atoms with Gasteiger partial charge < -0.3 is 10.1 Å². The lowest BCUT2D eigenvalue weighted by Crippen LogP contribution is -2.40. The second-order valence-corrected chi connectivity index (χ2v) is 7.33. The minimum Gasteiger partial charge on any atom is -0.445 e. The van der Waals surface area contributed by atoms with Crippen LogP contribution in [0.4, 0.5) is 4.79 Å². The van der Waals surface area contributed by atoms with Gasteiger partial charge in [0.2, 0.25) is 0 Å². The first-order chi connectivity index (χ1) is 10.9. The van der Waals surface area contributed by atoms with Crippen LogP contribution in [0, 0.1) is 0 Å². The SMILES string of the molecule is CCN1CCCC1CNC(=O)OCc1ccc(C(C)(C)C)cc1. The van der Waals surface area contributed by atoms with E-state index in [1.54, 1.807) is 0 Å². The zero-order chi connectivity index (χ0) is 16.9. The van der Waals surface area contributed by atoms with E-state index >= 15 is 0 Å². The predicted octanol–water partition coefficient (Wildman–Crippen LogP) is 3.69. The molecule has 0 bridgehead atoms. The van der Waals surface area contributed by atoms with E-state index < -0.39 is 0 Å². The van der Waals surface area contributed by atoms with Crippen molar-refractivity contribution in [2.24, 2.45) is 0 Å². The van der Waals surface area contributed by atoms with Gasteiger partial charge in [-0.15, -0.1) is 0 Å². The number of benzene rings is 1. The minimum atomic E-state index is -0.326. The van der Waals surface area contributed by atoms with E-state index in [1.165, 1.54) is 12.0 Å². The van der Waals surface area contributed by atoms with E-state index in [4.69, 9.17) is 4.74 Å². The monoisotopic (exact) mass is 318 g/mol. The predicted molar refractivity (Wildman–Crippen MR) is 93.6 cm³/mol. The number of hydrogen-bond acceptors (Lipinski definition) is 3. The Morgan fingerprint density at radius 1 is 1.30 bits per heavy atom. The molecule has 4 nitrogen and oxygen atoms in total. The molecule has 4 heteroatoms. The summed E-state index contributed by atoms with van der Waals surface area (Å²) >= 11 is 0. The maximum Gasteiger partial charge on any atom is 0.407 e. The third kappa shape index (κ3) is 5.24. The number of rotatable bonds is 5. The lowest BCUT2D eigenvalue weighted by molar-refractivity contribution is 0.136. The molecule has 23 heavy (non-hydrogen) atoms. The van der Waals surface area contributed by atoms with E-state index in [-0.39, 0.29) is 11.5 Å². The number of nitrogens with zero attached hydrogens (tertiary/aromatic N) is 1.